The van der Waals surface area contributed by atoms with Gasteiger partial charge in [0.05, 0.1) is 18.2 Å². The Morgan fingerprint density at radius 3 is 2.42 bits per heavy atom. The molecule has 1 saturated heterocycles. The van der Waals surface area contributed by atoms with E-state index in [-0.39, 0.29) is 24.4 Å². The highest BCUT2D eigenvalue weighted by atomic mass is 16.6. The number of rotatable bonds is 1. The van der Waals surface area contributed by atoms with Gasteiger partial charge in [0.15, 0.2) is 0 Å². The van der Waals surface area contributed by atoms with E-state index in [0.717, 1.165) is 0 Å². The number of methoxy groups -OCH3 is 1. The lowest BCUT2D eigenvalue weighted by Gasteiger charge is -2.40. The Morgan fingerprint density at radius 1 is 1.33 bits per heavy atom. The molecular formula is C8H17NO3. The van der Waals surface area contributed by atoms with E-state index in [0.29, 0.717) is 0 Å². The van der Waals surface area contributed by atoms with Crippen molar-refractivity contribution in [2.75, 3.05) is 7.11 Å². The maximum absolute atomic E-state index is 9.65. The number of ether oxygens (including phenoxy) is 2. The SMILES string of the molecule is COC1C(C)O[C@H](C)C(N)C1O. The molecule has 3 N–H and O–H groups in total. The molecule has 0 bridgehead atoms. The van der Waals surface area contributed by atoms with Gasteiger partial charge in [-0.25, -0.2) is 0 Å². The Balaban J connectivity index is 2.65. The van der Waals surface area contributed by atoms with Crippen molar-refractivity contribution in [3.63, 3.8) is 0 Å². The Morgan fingerprint density at radius 2 is 1.92 bits per heavy atom. The van der Waals surface area contributed by atoms with Crippen molar-refractivity contribution in [3.05, 3.63) is 0 Å². The molecule has 4 nitrogen and oxygen atoms in total. The zero-order chi connectivity index (χ0) is 9.30. The van der Waals surface area contributed by atoms with Crippen LogP contribution in [0, 0.1) is 0 Å². The molecule has 0 aromatic heterocycles. The fourth-order valence-corrected chi connectivity index (χ4v) is 1.61. The molecule has 4 unspecified atom stereocenters. The molecule has 0 spiro atoms. The topological polar surface area (TPSA) is 64.7 Å². The quantitative estimate of drug-likeness (QED) is 0.563. The first-order valence-electron chi connectivity index (χ1n) is 4.19. The molecule has 0 aliphatic carbocycles. The normalized spacial score (nSPS) is 49.2. The predicted molar refractivity (Wildman–Crippen MR) is 44.8 cm³/mol. The minimum atomic E-state index is -0.631. The van der Waals surface area contributed by atoms with Gasteiger partial charge >= 0.3 is 0 Å². The molecule has 0 aromatic rings. The molecule has 72 valence electrons. The third-order valence-electron chi connectivity index (χ3n) is 2.44. The lowest BCUT2D eigenvalue weighted by molar-refractivity contribution is -0.177. The summed E-state index contributed by atoms with van der Waals surface area (Å²) in [7, 11) is 1.55. The summed E-state index contributed by atoms with van der Waals surface area (Å²) in [6.07, 6.45) is -1.15. The number of nitrogens with two attached hydrogens (primary N) is 1. The van der Waals surface area contributed by atoms with Crippen molar-refractivity contribution in [1.29, 1.82) is 0 Å². The first-order valence-corrected chi connectivity index (χ1v) is 4.19. The van der Waals surface area contributed by atoms with Gasteiger partial charge in [-0.2, -0.15) is 0 Å². The molecule has 0 aromatic carbocycles. The van der Waals surface area contributed by atoms with Gasteiger partial charge in [0, 0.05) is 7.11 Å². The van der Waals surface area contributed by atoms with Crippen LogP contribution in [0.2, 0.25) is 0 Å². The van der Waals surface area contributed by atoms with E-state index in [1.807, 2.05) is 13.8 Å². The summed E-state index contributed by atoms with van der Waals surface area (Å²) >= 11 is 0. The van der Waals surface area contributed by atoms with E-state index in [1.165, 1.54) is 0 Å². The van der Waals surface area contributed by atoms with Crippen molar-refractivity contribution < 1.29 is 14.6 Å². The second-order valence-electron chi connectivity index (χ2n) is 3.31. The van der Waals surface area contributed by atoms with Gasteiger partial charge in [-0.15, -0.1) is 0 Å². The van der Waals surface area contributed by atoms with Crippen LogP contribution >= 0.6 is 0 Å². The van der Waals surface area contributed by atoms with Crippen molar-refractivity contribution in [2.24, 2.45) is 5.73 Å². The minimum absolute atomic E-state index is 0.0974. The lowest BCUT2D eigenvalue weighted by atomic mass is 9.95. The molecule has 1 aliphatic heterocycles. The van der Waals surface area contributed by atoms with E-state index in [9.17, 15) is 5.11 Å². The van der Waals surface area contributed by atoms with Crippen LogP contribution in [-0.4, -0.2) is 42.7 Å². The second-order valence-corrected chi connectivity index (χ2v) is 3.31. The summed E-state index contributed by atoms with van der Waals surface area (Å²) in [5, 5.41) is 9.65. The molecule has 1 heterocycles. The molecule has 5 atom stereocenters. The highest BCUT2D eigenvalue weighted by Gasteiger charge is 2.39. The summed E-state index contributed by atoms with van der Waals surface area (Å²) in [5.41, 5.74) is 5.69. The summed E-state index contributed by atoms with van der Waals surface area (Å²) in [4.78, 5) is 0. The zero-order valence-electron chi connectivity index (χ0n) is 7.73. The van der Waals surface area contributed by atoms with Crippen LogP contribution in [0.3, 0.4) is 0 Å². The molecule has 0 amide bonds. The minimum Gasteiger partial charge on any atom is -0.389 e. The molecule has 0 radical (unpaired) electrons. The Bertz CT molecular complexity index is 153. The van der Waals surface area contributed by atoms with Crippen LogP contribution in [0.4, 0.5) is 0 Å². The van der Waals surface area contributed by atoms with Gasteiger partial charge < -0.3 is 20.3 Å². The molecule has 4 heteroatoms. The molecule has 1 rings (SSSR count). The zero-order valence-corrected chi connectivity index (χ0v) is 7.73. The summed E-state index contributed by atoms with van der Waals surface area (Å²) in [5.74, 6) is 0. The third-order valence-corrected chi connectivity index (χ3v) is 2.44. The smallest absolute Gasteiger partial charge is 0.110 e. The van der Waals surface area contributed by atoms with Crippen molar-refractivity contribution in [1.82, 2.24) is 0 Å². The van der Waals surface area contributed by atoms with E-state index in [2.05, 4.69) is 0 Å². The van der Waals surface area contributed by atoms with E-state index >= 15 is 0 Å². The Hall–Kier alpha value is -0.160. The molecule has 1 aliphatic rings. The van der Waals surface area contributed by atoms with Crippen molar-refractivity contribution in [3.8, 4) is 0 Å². The highest BCUT2D eigenvalue weighted by Crippen LogP contribution is 2.20. The molecule has 1 fully saturated rings. The number of hydrogen-bond donors (Lipinski definition) is 2. The van der Waals surface area contributed by atoms with Crippen molar-refractivity contribution in [2.45, 2.75) is 44.3 Å². The van der Waals surface area contributed by atoms with E-state index in [1.54, 1.807) is 7.11 Å². The third kappa shape index (κ3) is 1.61. The maximum Gasteiger partial charge on any atom is 0.110 e. The van der Waals surface area contributed by atoms with Crippen LogP contribution in [0.5, 0.6) is 0 Å². The van der Waals surface area contributed by atoms with Gasteiger partial charge in [-0.1, -0.05) is 0 Å². The van der Waals surface area contributed by atoms with Crippen molar-refractivity contribution >= 4 is 0 Å². The van der Waals surface area contributed by atoms with Crippen LogP contribution in [-0.2, 0) is 9.47 Å². The molecule has 0 saturated carbocycles. The van der Waals surface area contributed by atoms with Gasteiger partial charge in [-0.05, 0) is 13.8 Å². The first kappa shape index (κ1) is 9.92. The summed E-state index contributed by atoms with van der Waals surface area (Å²) in [6.45, 7) is 3.73. The molecule has 12 heavy (non-hydrogen) atoms. The summed E-state index contributed by atoms with van der Waals surface area (Å²) in [6, 6.07) is -0.355. The van der Waals surface area contributed by atoms with Crippen LogP contribution < -0.4 is 5.73 Å². The average Bonchev–Trinajstić information content (AvgIpc) is 2.01. The van der Waals surface area contributed by atoms with Gasteiger partial charge in [0.25, 0.3) is 0 Å². The van der Waals surface area contributed by atoms with E-state index in [4.69, 9.17) is 15.2 Å². The Kier molecular flexibility index (Phi) is 3.06. The number of aliphatic hydroxyl groups is 1. The van der Waals surface area contributed by atoms with Gasteiger partial charge in [0.1, 0.15) is 12.2 Å². The van der Waals surface area contributed by atoms with Crippen LogP contribution in [0.15, 0.2) is 0 Å². The first-order chi connectivity index (χ1) is 5.57. The number of aliphatic hydroxyl groups excluding tert-OH is 1. The largest absolute Gasteiger partial charge is 0.389 e. The fraction of sp³-hybridized carbons (Fsp3) is 1.00. The van der Waals surface area contributed by atoms with E-state index < -0.39 is 6.10 Å². The predicted octanol–water partition coefficient (Wildman–Crippen LogP) is -0.503. The Labute approximate surface area is 72.6 Å². The van der Waals surface area contributed by atoms with Crippen LogP contribution in [0.25, 0.3) is 0 Å². The highest BCUT2D eigenvalue weighted by molar-refractivity contribution is 4.92. The lowest BCUT2D eigenvalue weighted by Crippen LogP contribution is -2.59. The van der Waals surface area contributed by atoms with Gasteiger partial charge in [0.2, 0.25) is 0 Å². The standard InChI is InChI=1S/C8H17NO3/c1-4-6(9)7(10)8(11-3)5(2)12-4/h4-8,10H,9H2,1-3H3/t4-,5?,6?,7?,8?/m1/s1. The second kappa shape index (κ2) is 3.70. The maximum atomic E-state index is 9.65. The van der Waals surface area contributed by atoms with Gasteiger partial charge in [-0.3, -0.25) is 0 Å². The van der Waals surface area contributed by atoms with Crippen LogP contribution in [0.1, 0.15) is 13.8 Å². The monoisotopic (exact) mass is 175 g/mol. The average molecular weight is 175 g/mol. The molecular weight excluding hydrogens is 158 g/mol. The fourth-order valence-electron chi connectivity index (χ4n) is 1.61. The number of hydrogen-bond acceptors (Lipinski definition) is 4. The summed E-state index contributed by atoms with van der Waals surface area (Å²) < 4.78 is 10.5.